The van der Waals surface area contributed by atoms with Crippen molar-refractivity contribution in [2.75, 3.05) is 0 Å². The van der Waals surface area contributed by atoms with Gasteiger partial charge in [0.1, 0.15) is 6.04 Å². The molecule has 0 aliphatic heterocycles. The summed E-state index contributed by atoms with van der Waals surface area (Å²) in [5.41, 5.74) is 15.7. The van der Waals surface area contributed by atoms with E-state index < -0.39 is 17.7 Å². The molecule has 0 radical (unpaired) electrons. The highest BCUT2D eigenvalue weighted by Gasteiger charge is 2.13. The molecular formula is C8H19N3O2. The van der Waals surface area contributed by atoms with Crippen LogP contribution in [0.25, 0.3) is 0 Å². The number of hydrogen-bond acceptors (Lipinski definition) is 4. The van der Waals surface area contributed by atoms with E-state index in [0.717, 1.165) is 12.8 Å². The van der Waals surface area contributed by atoms with Crippen molar-refractivity contribution in [3.8, 4) is 0 Å². The molecule has 0 aromatic rings. The van der Waals surface area contributed by atoms with Gasteiger partial charge < -0.3 is 22.3 Å². The molecule has 0 saturated carbocycles. The van der Waals surface area contributed by atoms with Crippen molar-refractivity contribution in [1.82, 2.24) is 0 Å². The first-order valence-electron chi connectivity index (χ1n) is 4.39. The second kappa shape index (κ2) is 5.16. The average molecular weight is 189 g/mol. The minimum Gasteiger partial charge on any atom is -0.480 e. The molecule has 0 aromatic carbocycles. The van der Waals surface area contributed by atoms with E-state index in [9.17, 15) is 4.79 Å². The van der Waals surface area contributed by atoms with Gasteiger partial charge in [0.15, 0.2) is 0 Å². The van der Waals surface area contributed by atoms with Crippen molar-refractivity contribution in [1.29, 1.82) is 0 Å². The number of aliphatic carboxylic acids is 1. The summed E-state index contributed by atoms with van der Waals surface area (Å²) in [7, 11) is 0. The van der Waals surface area contributed by atoms with E-state index in [2.05, 4.69) is 0 Å². The Morgan fingerprint density at radius 3 is 2.38 bits per heavy atom. The predicted molar refractivity (Wildman–Crippen MR) is 50.9 cm³/mol. The van der Waals surface area contributed by atoms with Crippen LogP contribution in [-0.4, -0.2) is 22.8 Å². The highest BCUT2D eigenvalue weighted by molar-refractivity contribution is 5.72. The Hall–Kier alpha value is -0.650. The van der Waals surface area contributed by atoms with Gasteiger partial charge in [0.25, 0.3) is 0 Å². The van der Waals surface area contributed by atoms with Gasteiger partial charge in [-0.15, -0.1) is 0 Å². The Morgan fingerprint density at radius 2 is 2.00 bits per heavy atom. The van der Waals surface area contributed by atoms with Gasteiger partial charge in [-0.3, -0.25) is 4.79 Å². The van der Waals surface area contributed by atoms with Crippen LogP contribution < -0.4 is 17.2 Å². The summed E-state index contributed by atoms with van der Waals surface area (Å²) in [5, 5.41) is 8.47. The summed E-state index contributed by atoms with van der Waals surface area (Å²) in [6, 6.07) is -0.762. The summed E-state index contributed by atoms with van der Waals surface area (Å²) in [6.07, 6.45) is 2.71. The molecule has 0 amide bonds. The summed E-state index contributed by atoms with van der Waals surface area (Å²) >= 11 is 0. The molecule has 0 aromatic heterocycles. The molecule has 0 bridgehead atoms. The number of hydrogen-bond donors (Lipinski definition) is 4. The van der Waals surface area contributed by atoms with Gasteiger partial charge in [0.05, 0.1) is 5.66 Å². The first kappa shape index (κ1) is 12.3. The molecule has 5 heteroatoms. The van der Waals surface area contributed by atoms with E-state index in [1.807, 2.05) is 0 Å². The Kier molecular flexibility index (Phi) is 4.90. The third-order valence-electron chi connectivity index (χ3n) is 1.80. The average Bonchev–Trinajstić information content (AvgIpc) is 1.95. The SMILES string of the molecule is CC(N)(N)CCCC[C@H](N)C(=O)O. The van der Waals surface area contributed by atoms with Gasteiger partial charge in [-0.1, -0.05) is 12.8 Å². The first-order chi connectivity index (χ1) is 5.83. The third-order valence-corrected chi connectivity index (χ3v) is 1.80. The molecule has 0 fully saturated rings. The topological polar surface area (TPSA) is 115 Å². The number of rotatable bonds is 6. The Morgan fingerprint density at radius 1 is 1.46 bits per heavy atom. The normalized spacial score (nSPS) is 14.2. The maximum absolute atomic E-state index is 10.3. The number of carboxylic acid groups (broad SMARTS) is 1. The van der Waals surface area contributed by atoms with Crippen LogP contribution in [0.3, 0.4) is 0 Å². The zero-order chi connectivity index (χ0) is 10.5. The highest BCUT2D eigenvalue weighted by atomic mass is 16.4. The minimum absolute atomic E-state index is 0.478. The highest BCUT2D eigenvalue weighted by Crippen LogP contribution is 2.07. The van der Waals surface area contributed by atoms with Gasteiger partial charge in [-0.2, -0.15) is 0 Å². The van der Waals surface area contributed by atoms with Gasteiger partial charge in [-0.25, -0.2) is 0 Å². The van der Waals surface area contributed by atoms with Crippen LogP contribution in [0.2, 0.25) is 0 Å². The first-order valence-corrected chi connectivity index (χ1v) is 4.39. The molecule has 7 N–H and O–H groups in total. The third kappa shape index (κ3) is 7.70. The van der Waals surface area contributed by atoms with Crippen molar-refractivity contribution in [3.63, 3.8) is 0 Å². The van der Waals surface area contributed by atoms with Crippen molar-refractivity contribution in [3.05, 3.63) is 0 Å². The van der Waals surface area contributed by atoms with E-state index in [1.54, 1.807) is 6.92 Å². The number of carboxylic acids is 1. The Balaban J connectivity index is 3.41. The van der Waals surface area contributed by atoms with Crippen molar-refractivity contribution in [2.24, 2.45) is 17.2 Å². The molecule has 0 rings (SSSR count). The summed E-state index contributed by atoms with van der Waals surface area (Å²) in [6.45, 7) is 1.74. The fourth-order valence-corrected chi connectivity index (χ4v) is 0.994. The van der Waals surface area contributed by atoms with E-state index in [1.165, 1.54) is 0 Å². The molecule has 0 spiro atoms. The second-order valence-corrected chi connectivity index (χ2v) is 3.70. The van der Waals surface area contributed by atoms with Crippen molar-refractivity contribution >= 4 is 5.97 Å². The molecule has 1 atom stereocenters. The fourth-order valence-electron chi connectivity index (χ4n) is 0.994. The molecule has 0 aliphatic rings. The lowest BCUT2D eigenvalue weighted by molar-refractivity contribution is -0.138. The van der Waals surface area contributed by atoms with Gasteiger partial charge >= 0.3 is 5.97 Å². The zero-order valence-electron chi connectivity index (χ0n) is 7.99. The van der Waals surface area contributed by atoms with E-state index in [4.69, 9.17) is 22.3 Å². The van der Waals surface area contributed by atoms with Crippen LogP contribution in [-0.2, 0) is 4.79 Å². The molecule has 78 valence electrons. The Bertz CT molecular complexity index is 165. The summed E-state index contributed by atoms with van der Waals surface area (Å²) in [4.78, 5) is 10.3. The lowest BCUT2D eigenvalue weighted by atomic mass is 10.0. The van der Waals surface area contributed by atoms with Gasteiger partial charge in [0.2, 0.25) is 0 Å². The van der Waals surface area contributed by atoms with Crippen LogP contribution >= 0.6 is 0 Å². The lowest BCUT2D eigenvalue weighted by Gasteiger charge is -2.18. The maximum atomic E-state index is 10.3. The van der Waals surface area contributed by atoms with Crippen LogP contribution in [0.4, 0.5) is 0 Å². The van der Waals surface area contributed by atoms with Crippen LogP contribution in [0.15, 0.2) is 0 Å². The molecule has 0 unspecified atom stereocenters. The summed E-state index contributed by atoms with van der Waals surface area (Å²) < 4.78 is 0. The van der Waals surface area contributed by atoms with Crippen LogP contribution in [0.5, 0.6) is 0 Å². The standard InChI is InChI=1S/C8H19N3O2/c1-8(10,11)5-3-2-4-6(9)7(12)13/h6H,2-5,9-11H2,1H3,(H,12,13)/t6-/m0/s1. The summed E-state index contributed by atoms with van der Waals surface area (Å²) in [5.74, 6) is -0.955. The number of unbranched alkanes of at least 4 members (excludes halogenated alkanes) is 1. The molecule has 13 heavy (non-hydrogen) atoms. The fraction of sp³-hybridized carbons (Fsp3) is 0.875. The zero-order valence-corrected chi connectivity index (χ0v) is 7.99. The van der Waals surface area contributed by atoms with Crippen molar-refractivity contribution in [2.45, 2.75) is 44.3 Å². The maximum Gasteiger partial charge on any atom is 0.320 e. The lowest BCUT2D eigenvalue weighted by Crippen LogP contribution is -2.45. The van der Waals surface area contributed by atoms with E-state index in [0.29, 0.717) is 12.8 Å². The van der Waals surface area contributed by atoms with Crippen molar-refractivity contribution < 1.29 is 9.90 Å². The monoisotopic (exact) mass is 189 g/mol. The minimum atomic E-state index is -0.955. The molecular weight excluding hydrogens is 170 g/mol. The second-order valence-electron chi connectivity index (χ2n) is 3.70. The van der Waals surface area contributed by atoms with Crippen LogP contribution in [0.1, 0.15) is 32.6 Å². The molecule has 0 aliphatic carbocycles. The predicted octanol–water partition coefficient (Wildman–Crippen LogP) is -0.408. The quantitative estimate of drug-likeness (QED) is 0.335. The molecule has 5 nitrogen and oxygen atoms in total. The molecule has 0 saturated heterocycles. The number of nitrogens with two attached hydrogens (primary N) is 3. The largest absolute Gasteiger partial charge is 0.480 e. The Labute approximate surface area is 78.3 Å². The van der Waals surface area contributed by atoms with Crippen LogP contribution in [0, 0.1) is 0 Å². The smallest absolute Gasteiger partial charge is 0.320 e. The van der Waals surface area contributed by atoms with Gasteiger partial charge in [-0.05, 0) is 19.8 Å². The van der Waals surface area contributed by atoms with E-state index >= 15 is 0 Å². The number of carbonyl (C=O) groups is 1. The van der Waals surface area contributed by atoms with E-state index in [-0.39, 0.29) is 0 Å². The molecule has 0 heterocycles. The van der Waals surface area contributed by atoms with Gasteiger partial charge in [0, 0.05) is 0 Å².